The Morgan fingerprint density at radius 3 is 1.86 bits per heavy atom. The first-order valence-corrected chi connectivity index (χ1v) is 14.9. The van der Waals surface area contributed by atoms with Crippen LogP contribution in [0.1, 0.15) is 72.2 Å². The van der Waals surface area contributed by atoms with E-state index in [1.807, 2.05) is 47.0 Å². The van der Waals surface area contributed by atoms with Crippen molar-refractivity contribution in [3.63, 3.8) is 0 Å². The highest BCUT2D eigenvalue weighted by Crippen LogP contribution is 2.31. The Kier molecular flexibility index (Phi) is 8.42. The van der Waals surface area contributed by atoms with Gasteiger partial charge in [-0.25, -0.2) is 14.8 Å². The van der Waals surface area contributed by atoms with E-state index in [1.54, 1.807) is 0 Å². The predicted octanol–water partition coefficient (Wildman–Crippen LogP) is 8.16. The normalized spacial score (nSPS) is 13.4. The van der Waals surface area contributed by atoms with Crippen LogP contribution in [0, 0.1) is 11.8 Å². The molecule has 8 nitrogen and oxygen atoms in total. The Labute approximate surface area is 253 Å². The van der Waals surface area contributed by atoms with Gasteiger partial charge >= 0.3 is 6.09 Å². The topological polar surface area (TPSA) is 122 Å². The monoisotopic (exact) mass is 578 g/mol. The minimum atomic E-state index is -0.567. The number of nitrogens with one attached hydrogen (secondary N) is 3. The second-order valence-corrected chi connectivity index (χ2v) is 12.9. The van der Waals surface area contributed by atoms with E-state index in [0.717, 1.165) is 44.9 Å². The number of ether oxygens (including phenoxy) is 1. The van der Waals surface area contributed by atoms with Crippen LogP contribution in [-0.2, 0) is 4.74 Å². The highest BCUT2D eigenvalue weighted by Gasteiger charge is 2.25. The van der Waals surface area contributed by atoms with Crippen molar-refractivity contribution in [3.05, 3.63) is 84.7 Å². The molecular weight excluding hydrogens is 536 g/mol. The second-order valence-electron chi connectivity index (χ2n) is 12.9. The summed E-state index contributed by atoms with van der Waals surface area (Å²) < 4.78 is 5.46. The van der Waals surface area contributed by atoms with Crippen molar-refractivity contribution in [2.24, 2.45) is 17.6 Å². The number of amides is 1. The predicted molar refractivity (Wildman–Crippen MR) is 173 cm³/mol. The molecule has 0 aliphatic heterocycles. The number of carbonyl (C=O) groups is 1. The second kappa shape index (κ2) is 12.1. The highest BCUT2D eigenvalue weighted by atomic mass is 16.6. The molecule has 2 atom stereocenters. The number of nitrogens with zero attached hydrogens (tertiary/aromatic N) is 2. The Bertz CT molecular complexity index is 1710. The van der Waals surface area contributed by atoms with Gasteiger partial charge in [0, 0.05) is 5.56 Å². The van der Waals surface area contributed by atoms with E-state index in [2.05, 4.69) is 99.8 Å². The Morgan fingerprint density at radius 1 is 0.744 bits per heavy atom. The van der Waals surface area contributed by atoms with Gasteiger partial charge in [0.05, 0.1) is 35.9 Å². The van der Waals surface area contributed by atoms with Crippen LogP contribution in [0.5, 0.6) is 0 Å². The van der Waals surface area contributed by atoms with Gasteiger partial charge in [-0.3, -0.25) is 0 Å². The molecule has 0 aliphatic carbocycles. The number of benzene rings is 3. The molecule has 224 valence electrons. The molecule has 3 aromatic carbocycles. The van der Waals surface area contributed by atoms with Gasteiger partial charge < -0.3 is 25.8 Å². The van der Waals surface area contributed by atoms with Crippen LogP contribution in [-0.4, -0.2) is 31.6 Å². The number of rotatable bonds is 8. The van der Waals surface area contributed by atoms with Crippen molar-refractivity contribution in [2.75, 3.05) is 0 Å². The Balaban J connectivity index is 1.31. The zero-order valence-corrected chi connectivity index (χ0v) is 26.0. The smallest absolute Gasteiger partial charge is 0.408 e. The fourth-order valence-electron chi connectivity index (χ4n) is 5.03. The maximum absolute atomic E-state index is 12.4. The molecule has 0 radical (unpaired) electrons. The average molecular weight is 579 g/mol. The number of hydrogen-bond donors (Lipinski definition) is 4. The van der Waals surface area contributed by atoms with Gasteiger partial charge in [-0.05, 0) is 72.2 Å². The third-order valence-corrected chi connectivity index (χ3v) is 7.54. The van der Waals surface area contributed by atoms with Crippen molar-refractivity contribution < 1.29 is 9.53 Å². The minimum absolute atomic E-state index is 0.114. The van der Waals surface area contributed by atoms with Crippen molar-refractivity contribution in [1.29, 1.82) is 0 Å². The molecule has 0 bridgehead atoms. The van der Waals surface area contributed by atoms with Gasteiger partial charge in [-0.15, -0.1) is 0 Å². The molecule has 5 N–H and O–H groups in total. The minimum Gasteiger partial charge on any atom is -0.444 e. The number of alkyl carbamates (subject to hydrolysis) is 1. The zero-order chi connectivity index (χ0) is 30.9. The van der Waals surface area contributed by atoms with E-state index >= 15 is 0 Å². The molecule has 1 amide bonds. The summed E-state index contributed by atoms with van der Waals surface area (Å²) in [6.45, 7) is 13.8. The quantitative estimate of drug-likeness (QED) is 0.148. The summed E-state index contributed by atoms with van der Waals surface area (Å²) in [4.78, 5) is 28.3. The lowest BCUT2D eigenvalue weighted by Gasteiger charge is -2.24. The van der Waals surface area contributed by atoms with Crippen molar-refractivity contribution >= 4 is 16.9 Å². The molecule has 0 spiro atoms. The van der Waals surface area contributed by atoms with Crippen molar-refractivity contribution in [2.45, 2.75) is 66.2 Å². The third-order valence-electron chi connectivity index (χ3n) is 7.54. The van der Waals surface area contributed by atoms with Crippen LogP contribution >= 0.6 is 0 Å². The van der Waals surface area contributed by atoms with Crippen LogP contribution in [0.4, 0.5) is 4.79 Å². The third kappa shape index (κ3) is 6.97. The van der Waals surface area contributed by atoms with Crippen molar-refractivity contribution in [3.8, 4) is 33.6 Å². The summed E-state index contributed by atoms with van der Waals surface area (Å²) in [6.07, 6.45) is 3.21. The fraction of sp³-hybridized carbons (Fsp3) is 0.343. The van der Waals surface area contributed by atoms with Gasteiger partial charge in [-0.1, -0.05) is 76.2 Å². The fourth-order valence-corrected chi connectivity index (χ4v) is 5.03. The summed E-state index contributed by atoms with van der Waals surface area (Å²) in [5.74, 6) is 1.94. The molecule has 43 heavy (non-hydrogen) atoms. The zero-order valence-electron chi connectivity index (χ0n) is 26.0. The number of carbonyl (C=O) groups excluding carboxylic acids is 1. The number of imidazole rings is 2. The lowest BCUT2D eigenvalue weighted by atomic mass is 9.98. The van der Waals surface area contributed by atoms with E-state index in [1.165, 1.54) is 5.39 Å². The molecule has 5 aromatic rings. The van der Waals surface area contributed by atoms with E-state index in [9.17, 15) is 4.79 Å². The molecule has 8 heteroatoms. The number of H-pyrrole nitrogens is 2. The van der Waals surface area contributed by atoms with Crippen LogP contribution in [0.25, 0.3) is 44.4 Å². The molecule has 0 unspecified atom stereocenters. The molecule has 0 fully saturated rings. The van der Waals surface area contributed by atoms with E-state index in [0.29, 0.717) is 11.7 Å². The first-order chi connectivity index (χ1) is 20.4. The number of hydrogen-bond acceptors (Lipinski definition) is 5. The molecule has 2 aromatic heterocycles. The van der Waals surface area contributed by atoms with Gasteiger partial charge in [-0.2, -0.15) is 0 Å². The molecule has 0 saturated heterocycles. The van der Waals surface area contributed by atoms with E-state index in [-0.39, 0.29) is 18.0 Å². The van der Waals surface area contributed by atoms with Crippen LogP contribution in [0.3, 0.4) is 0 Å². The number of aromatic nitrogens is 4. The van der Waals surface area contributed by atoms with Crippen LogP contribution in [0.15, 0.2) is 73.1 Å². The van der Waals surface area contributed by atoms with Crippen molar-refractivity contribution in [1.82, 2.24) is 25.3 Å². The summed E-state index contributed by atoms with van der Waals surface area (Å²) in [7, 11) is 0. The van der Waals surface area contributed by atoms with Gasteiger partial charge in [0.15, 0.2) is 0 Å². The van der Waals surface area contributed by atoms with Gasteiger partial charge in [0.1, 0.15) is 17.2 Å². The highest BCUT2D eigenvalue weighted by molar-refractivity contribution is 5.90. The number of nitrogens with two attached hydrogens (primary N) is 1. The SMILES string of the molecule is CC(C)[C@H](N)c1ncc(-c2ccc3cc(-c4ccc(-c5cnc([C@@H](NC(=O)OC(C)(C)C)C(C)C)[nH]5)cc4)ccc3c2)[nH]1. The summed E-state index contributed by atoms with van der Waals surface area (Å²) in [6, 6.07) is 21.0. The first-order valence-electron chi connectivity index (χ1n) is 14.9. The van der Waals surface area contributed by atoms with Gasteiger partial charge in [0.25, 0.3) is 0 Å². The standard InChI is InChI=1S/C35H42N6O2/c1-20(2)30(36)32-37-19-29(39-32)27-15-14-25-16-24(12-13-26(25)17-27)22-8-10-23(11-9-22)28-18-38-33(40-28)31(21(3)4)41-34(42)43-35(5,6)7/h8-21,30-31H,36H2,1-7H3,(H,37,39)(H,38,40)(H,41,42)/t30-,31-/m0/s1. The summed E-state index contributed by atoms with van der Waals surface area (Å²) in [5, 5.41) is 5.28. The Hall–Kier alpha value is -4.43. The number of fused-ring (bicyclic) bond motifs is 1. The summed E-state index contributed by atoms with van der Waals surface area (Å²) >= 11 is 0. The first kappa shape index (κ1) is 30.0. The maximum atomic E-state index is 12.4. The summed E-state index contributed by atoms with van der Waals surface area (Å²) in [5.41, 5.74) is 11.9. The largest absolute Gasteiger partial charge is 0.444 e. The average Bonchev–Trinajstić information content (AvgIpc) is 3.65. The van der Waals surface area contributed by atoms with E-state index in [4.69, 9.17) is 10.5 Å². The molecule has 5 rings (SSSR count). The van der Waals surface area contributed by atoms with Crippen LogP contribution in [0.2, 0.25) is 0 Å². The molecule has 0 aliphatic rings. The lowest BCUT2D eigenvalue weighted by molar-refractivity contribution is 0.0486. The maximum Gasteiger partial charge on any atom is 0.408 e. The number of aromatic amines is 2. The Morgan fingerprint density at radius 2 is 1.26 bits per heavy atom. The molecular formula is C35H42N6O2. The molecule has 2 heterocycles. The molecule has 0 saturated carbocycles. The lowest BCUT2D eigenvalue weighted by Crippen LogP contribution is -2.37. The van der Waals surface area contributed by atoms with E-state index < -0.39 is 11.7 Å². The van der Waals surface area contributed by atoms with Crippen LogP contribution < -0.4 is 11.1 Å². The van der Waals surface area contributed by atoms with Gasteiger partial charge in [0.2, 0.25) is 0 Å².